The number of ether oxygens (including phenoxy) is 1. The number of imide groups is 2. The lowest BCUT2D eigenvalue weighted by Gasteiger charge is -2.39. The molecule has 12 heteroatoms. The maximum Gasteiger partial charge on any atom is 0.329 e. The summed E-state index contributed by atoms with van der Waals surface area (Å²) in [4.78, 5) is 66.1. The molecule has 1 aromatic heterocycles. The average Bonchev–Trinajstić information content (AvgIpc) is 3.63. The van der Waals surface area contributed by atoms with Gasteiger partial charge in [-0.1, -0.05) is 26.8 Å². The van der Waals surface area contributed by atoms with Crippen LogP contribution in [0.1, 0.15) is 56.3 Å². The molecule has 2 saturated heterocycles. The van der Waals surface area contributed by atoms with E-state index in [1.165, 1.54) is 4.90 Å². The largest absolute Gasteiger partial charge is 0.487 e. The van der Waals surface area contributed by atoms with Gasteiger partial charge in [-0.3, -0.25) is 19.7 Å². The van der Waals surface area contributed by atoms with Crippen LogP contribution in [0, 0.1) is 5.41 Å². The number of carbonyl (C=O) groups excluding carboxylic acids is 5. The van der Waals surface area contributed by atoms with Gasteiger partial charge >= 0.3 is 12.1 Å². The molecule has 1 atom stereocenters. The first kappa shape index (κ1) is 27.3. The van der Waals surface area contributed by atoms with Gasteiger partial charge in [0.25, 0.3) is 17.7 Å². The Bertz CT molecular complexity index is 1690. The number of carbonyl (C=O) groups is 5. The van der Waals surface area contributed by atoms with E-state index in [4.69, 9.17) is 9.15 Å². The van der Waals surface area contributed by atoms with Gasteiger partial charge in [0, 0.05) is 22.9 Å². The predicted molar refractivity (Wildman–Crippen MR) is 151 cm³/mol. The molecular formula is C30H31N5O7. The van der Waals surface area contributed by atoms with Crippen LogP contribution in [-0.2, 0) is 21.7 Å². The highest BCUT2D eigenvalue weighted by atomic mass is 16.5. The Labute approximate surface area is 241 Å². The number of rotatable bonds is 6. The van der Waals surface area contributed by atoms with Crippen molar-refractivity contribution in [2.24, 2.45) is 5.41 Å². The SMILES string of the molecule is CC(C)(C)C(C)(C)Oc1ccc2c(c1)C(=O)N(C[C@@]1(c3cc4cc(N5C(=O)CNC5=O)ccc4o3)NC(=O)NC1=O)C2. The van der Waals surface area contributed by atoms with Gasteiger partial charge in [0.2, 0.25) is 0 Å². The van der Waals surface area contributed by atoms with Crippen LogP contribution in [0.4, 0.5) is 15.3 Å². The molecule has 218 valence electrons. The highest BCUT2D eigenvalue weighted by molar-refractivity contribution is 6.20. The van der Waals surface area contributed by atoms with E-state index in [-0.39, 0.29) is 36.7 Å². The smallest absolute Gasteiger partial charge is 0.329 e. The number of furan rings is 1. The summed E-state index contributed by atoms with van der Waals surface area (Å²) in [6, 6.07) is 10.4. The first-order chi connectivity index (χ1) is 19.7. The van der Waals surface area contributed by atoms with E-state index < -0.39 is 35.0 Å². The number of nitrogens with one attached hydrogen (secondary N) is 3. The lowest BCUT2D eigenvalue weighted by Crippen LogP contribution is -2.52. The van der Waals surface area contributed by atoms with E-state index in [9.17, 15) is 24.0 Å². The lowest BCUT2D eigenvalue weighted by atomic mass is 9.79. The van der Waals surface area contributed by atoms with Crippen molar-refractivity contribution in [3.8, 4) is 5.75 Å². The van der Waals surface area contributed by atoms with Crippen molar-refractivity contribution in [1.82, 2.24) is 20.9 Å². The van der Waals surface area contributed by atoms with Gasteiger partial charge in [0.05, 0.1) is 18.8 Å². The summed E-state index contributed by atoms with van der Waals surface area (Å²) in [5.74, 6) is -0.710. The number of nitrogens with zero attached hydrogens (tertiary/aromatic N) is 2. The zero-order valence-electron chi connectivity index (χ0n) is 23.9. The molecule has 4 heterocycles. The minimum Gasteiger partial charge on any atom is -0.487 e. The molecule has 7 amide bonds. The molecule has 0 bridgehead atoms. The molecule has 12 nitrogen and oxygen atoms in total. The minimum absolute atomic E-state index is 0.100. The van der Waals surface area contributed by atoms with E-state index in [1.807, 2.05) is 26.0 Å². The first-order valence-electron chi connectivity index (χ1n) is 13.6. The van der Waals surface area contributed by atoms with E-state index in [1.54, 1.807) is 30.3 Å². The van der Waals surface area contributed by atoms with Crippen LogP contribution in [0.3, 0.4) is 0 Å². The van der Waals surface area contributed by atoms with E-state index in [0.717, 1.165) is 10.5 Å². The van der Waals surface area contributed by atoms with Gasteiger partial charge in [0.1, 0.15) is 22.7 Å². The molecule has 0 saturated carbocycles. The Balaban J connectivity index is 1.31. The highest BCUT2D eigenvalue weighted by Gasteiger charge is 2.53. The van der Waals surface area contributed by atoms with Gasteiger partial charge in [-0.2, -0.15) is 0 Å². The molecule has 0 unspecified atom stereocenters. The number of hydrogen-bond acceptors (Lipinski definition) is 7. The molecule has 0 radical (unpaired) electrons. The standard InChI is InChI=1S/C30H31N5O7/c1-28(2,3)29(4,5)42-19-8-6-16-14-34(24(37)20(16)12-19)15-30(25(38)32-26(39)33-30)22-11-17-10-18(7-9-21(17)41-22)35-23(36)13-31-27(35)40/h6-12H,13-15H2,1-5H3,(H,31,40)(H2,32,33,38,39)/t30-/m0/s1. The summed E-state index contributed by atoms with van der Waals surface area (Å²) in [5.41, 5.74) is -0.445. The lowest BCUT2D eigenvalue weighted by molar-refractivity contribution is -0.125. The van der Waals surface area contributed by atoms with E-state index >= 15 is 0 Å². The molecule has 3 aliphatic heterocycles. The highest BCUT2D eigenvalue weighted by Crippen LogP contribution is 2.38. The molecule has 0 aliphatic carbocycles. The van der Waals surface area contributed by atoms with Crippen LogP contribution in [0.2, 0.25) is 0 Å². The molecule has 6 rings (SSSR count). The van der Waals surface area contributed by atoms with Crippen LogP contribution in [0.15, 0.2) is 46.9 Å². The number of urea groups is 2. The predicted octanol–water partition coefficient (Wildman–Crippen LogP) is 3.38. The summed E-state index contributed by atoms with van der Waals surface area (Å²) in [5, 5.41) is 7.91. The fraction of sp³-hybridized carbons (Fsp3) is 0.367. The second-order valence-electron chi connectivity index (χ2n) is 12.4. The van der Waals surface area contributed by atoms with Gasteiger partial charge in [-0.05, 0) is 55.8 Å². The number of anilines is 1. The maximum atomic E-state index is 13.6. The normalized spacial score (nSPS) is 20.7. The topological polar surface area (TPSA) is 150 Å². The number of fused-ring (bicyclic) bond motifs is 2. The molecule has 3 N–H and O–H groups in total. The van der Waals surface area contributed by atoms with Crippen molar-refractivity contribution in [3.05, 3.63) is 59.4 Å². The van der Waals surface area contributed by atoms with Crippen LogP contribution >= 0.6 is 0 Å². The Kier molecular flexibility index (Phi) is 5.89. The van der Waals surface area contributed by atoms with E-state index in [2.05, 4.69) is 36.7 Å². The Morgan fingerprint density at radius 1 is 0.976 bits per heavy atom. The molecule has 42 heavy (non-hydrogen) atoms. The van der Waals surface area contributed by atoms with Crippen molar-refractivity contribution >= 4 is 46.4 Å². The molecular weight excluding hydrogens is 542 g/mol. The summed E-state index contributed by atoms with van der Waals surface area (Å²) in [6.07, 6.45) is 0. The first-order valence-corrected chi connectivity index (χ1v) is 13.6. The van der Waals surface area contributed by atoms with Crippen molar-refractivity contribution in [2.75, 3.05) is 18.0 Å². The van der Waals surface area contributed by atoms with Crippen molar-refractivity contribution in [1.29, 1.82) is 0 Å². The second kappa shape index (κ2) is 9.07. The van der Waals surface area contributed by atoms with Crippen LogP contribution in [-0.4, -0.2) is 53.4 Å². The second-order valence-corrected chi connectivity index (χ2v) is 12.4. The van der Waals surface area contributed by atoms with Crippen LogP contribution in [0.5, 0.6) is 5.75 Å². The monoisotopic (exact) mass is 573 g/mol. The summed E-state index contributed by atoms with van der Waals surface area (Å²) in [7, 11) is 0. The fourth-order valence-electron chi connectivity index (χ4n) is 5.18. The Morgan fingerprint density at radius 2 is 1.74 bits per heavy atom. The van der Waals surface area contributed by atoms with Gasteiger partial charge in [-0.25, -0.2) is 14.5 Å². The summed E-state index contributed by atoms with van der Waals surface area (Å²) in [6.45, 7) is 10.2. The van der Waals surface area contributed by atoms with Gasteiger partial charge in [-0.15, -0.1) is 0 Å². The molecule has 3 aromatic rings. The molecule has 2 fully saturated rings. The third kappa shape index (κ3) is 4.25. The van der Waals surface area contributed by atoms with Gasteiger partial charge < -0.3 is 24.7 Å². The maximum absolute atomic E-state index is 13.6. The summed E-state index contributed by atoms with van der Waals surface area (Å²) >= 11 is 0. The zero-order valence-corrected chi connectivity index (χ0v) is 23.9. The van der Waals surface area contributed by atoms with Crippen molar-refractivity contribution in [2.45, 2.75) is 52.3 Å². The molecule has 0 spiro atoms. The number of amides is 7. The van der Waals surface area contributed by atoms with Crippen molar-refractivity contribution < 1.29 is 33.1 Å². The van der Waals surface area contributed by atoms with E-state index in [0.29, 0.717) is 28.0 Å². The van der Waals surface area contributed by atoms with Crippen LogP contribution < -0.4 is 25.6 Å². The quantitative estimate of drug-likeness (QED) is 0.383. The van der Waals surface area contributed by atoms with Gasteiger partial charge in [0.15, 0.2) is 5.54 Å². The van der Waals surface area contributed by atoms with Crippen molar-refractivity contribution in [3.63, 3.8) is 0 Å². The molecule has 3 aliphatic rings. The minimum atomic E-state index is -1.71. The number of benzene rings is 2. The third-order valence-electron chi connectivity index (χ3n) is 8.53. The zero-order chi connectivity index (χ0) is 30.2. The molecule has 2 aromatic carbocycles. The fourth-order valence-corrected chi connectivity index (χ4v) is 5.18. The van der Waals surface area contributed by atoms with Crippen LogP contribution in [0.25, 0.3) is 11.0 Å². The average molecular weight is 574 g/mol. The Hall–Kier alpha value is -4.87. The Morgan fingerprint density at radius 3 is 2.38 bits per heavy atom. The summed E-state index contributed by atoms with van der Waals surface area (Å²) < 4.78 is 12.3. The third-order valence-corrected chi connectivity index (χ3v) is 8.53. The number of hydrogen-bond donors (Lipinski definition) is 3.